The first-order valence-electron chi connectivity index (χ1n) is 6.55. The van der Waals surface area contributed by atoms with Crippen LogP contribution in [0.3, 0.4) is 0 Å². The van der Waals surface area contributed by atoms with Crippen molar-refractivity contribution in [3.63, 3.8) is 0 Å². The van der Waals surface area contributed by atoms with Gasteiger partial charge in [0.15, 0.2) is 0 Å². The van der Waals surface area contributed by atoms with Crippen molar-refractivity contribution in [2.45, 2.75) is 70.4 Å². The van der Waals surface area contributed by atoms with Crippen LogP contribution in [0, 0.1) is 11.3 Å². The number of hydrogen-bond acceptors (Lipinski definition) is 1. The smallest absolute Gasteiger partial charge is 0.0126 e. The average molecular weight is 193 g/mol. The maximum absolute atomic E-state index is 3.92. The van der Waals surface area contributed by atoms with Crippen molar-refractivity contribution in [1.29, 1.82) is 0 Å². The molecule has 14 heavy (non-hydrogen) atoms. The Labute approximate surface area is 87.7 Å². The molecule has 0 aromatic heterocycles. The van der Waals surface area contributed by atoms with Gasteiger partial charge in [0.25, 0.3) is 0 Å². The molecule has 1 spiro atoms. The van der Waals surface area contributed by atoms with E-state index in [-0.39, 0.29) is 0 Å². The van der Waals surface area contributed by atoms with Crippen LogP contribution in [0.1, 0.15) is 58.3 Å². The minimum absolute atomic E-state index is 0.777. The molecule has 1 heteroatoms. The maximum Gasteiger partial charge on any atom is 0.0126 e. The van der Waals surface area contributed by atoms with Gasteiger partial charge in [0.1, 0.15) is 0 Å². The summed E-state index contributed by atoms with van der Waals surface area (Å²) < 4.78 is 0. The molecule has 3 rings (SSSR count). The highest BCUT2D eigenvalue weighted by Crippen LogP contribution is 2.53. The normalized spacial score (nSPS) is 44.8. The minimum atomic E-state index is 0.777. The molecule has 80 valence electrons. The molecule has 1 atom stereocenters. The van der Waals surface area contributed by atoms with E-state index in [1.165, 1.54) is 51.4 Å². The van der Waals surface area contributed by atoms with Crippen LogP contribution in [-0.2, 0) is 0 Å². The van der Waals surface area contributed by atoms with E-state index in [4.69, 9.17) is 0 Å². The van der Waals surface area contributed by atoms with E-state index >= 15 is 0 Å². The Balaban J connectivity index is 1.53. The maximum atomic E-state index is 3.92. The first-order valence-corrected chi connectivity index (χ1v) is 6.55. The minimum Gasteiger partial charge on any atom is -0.311 e. The monoisotopic (exact) mass is 193 g/mol. The molecule has 0 aromatic carbocycles. The Kier molecular flexibility index (Phi) is 2.12. The van der Waals surface area contributed by atoms with Gasteiger partial charge in [0.2, 0.25) is 0 Å². The predicted octanol–water partition coefficient (Wildman–Crippen LogP) is 3.10. The molecule has 3 aliphatic carbocycles. The van der Waals surface area contributed by atoms with Gasteiger partial charge in [-0.25, -0.2) is 0 Å². The standard InChI is InChI=1S/C13H23N/c1-10-8-11(9-10)14-12-4-7-13(12)5-2-3-6-13/h10-12,14H,2-9H2,1H3. The second-order valence-corrected chi connectivity index (χ2v) is 6.10. The van der Waals surface area contributed by atoms with Crippen molar-refractivity contribution >= 4 is 0 Å². The van der Waals surface area contributed by atoms with Crippen molar-refractivity contribution in [2.75, 3.05) is 0 Å². The molecular formula is C13H23N. The molecule has 1 unspecified atom stereocenters. The predicted molar refractivity (Wildman–Crippen MR) is 59.2 cm³/mol. The zero-order valence-corrected chi connectivity index (χ0v) is 9.39. The highest BCUT2D eigenvalue weighted by atomic mass is 15.0. The molecule has 3 fully saturated rings. The van der Waals surface area contributed by atoms with Crippen LogP contribution < -0.4 is 5.32 Å². The molecule has 0 aliphatic heterocycles. The molecular weight excluding hydrogens is 170 g/mol. The fourth-order valence-electron chi connectivity index (χ4n) is 3.96. The van der Waals surface area contributed by atoms with Gasteiger partial charge < -0.3 is 5.32 Å². The van der Waals surface area contributed by atoms with Crippen LogP contribution in [0.25, 0.3) is 0 Å². The first kappa shape index (κ1) is 9.21. The Morgan fingerprint density at radius 1 is 1.07 bits per heavy atom. The lowest BCUT2D eigenvalue weighted by Gasteiger charge is -2.51. The van der Waals surface area contributed by atoms with Crippen LogP contribution in [0.15, 0.2) is 0 Å². The fraction of sp³-hybridized carbons (Fsp3) is 1.00. The lowest BCUT2D eigenvalue weighted by molar-refractivity contribution is 0.0458. The highest BCUT2D eigenvalue weighted by molar-refractivity contribution is 5.04. The van der Waals surface area contributed by atoms with E-state index in [1.807, 2.05) is 0 Å². The third-order valence-corrected chi connectivity index (χ3v) is 5.08. The summed E-state index contributed by atoms with van der Waals surface area (Å²) in [5.74, 6) is 0.993. The fourth-order valence-corrected chi connectivity index (χ4v) is 3.96. The van der Waals surface area contributed by atoms with Gasteiger partial charge >= 0.3 is 0 Å². The van der Waals surface area contributed by atoms with Gasteiger partial charge in [0.05, 0.1) is 0 Å². The number of hydrogen-bond donors (Lipinski definition) is 1. The molecule has 0 aromatic rings. The lowest BCUT2D eigenvalue weighted by atomic mass is 9.62. The zero-order chi connectivity index (χ0) is 9.60. The van der Waals surface area contributed by atoms with Gasteiger partial charge in [-0.05, 0) is 49.9 Å². The van der Waals surface area contributed by atoms with Crippen LogP contribution in [-0.4, -0.2) is 12.1 Å². The van der Waals surface area contributed by atoms with Crippen LogP contribution in [0.2, 0.25) is 0 Å². The third kappa shape index (κ3) is 1.32. The van der Waals surface area contributed by atoms with E-state index in [9.17, 15) is 0 Å². The second kappa shape index (κ2) is 3.23. The largest absolute Gasteiger partial charge is 0.311 e. The van der Waals surface area contributed by atoms with E-state index in [2.05, 4.69) is 12.2 Å². The molecule has 0 amide bonds. The SMILES string of the molecule is CC1CC(NC2CCC23CCCC3)C1. The summed E-state index contributed by atoms with van der Waals surface area (Å²) in [6.07, 6.45) is 11.9. The van der Waals surface area contributed by atoms with Gasteiger partial charge in [0, 0.05) is 12.1 Å². The topological polar surface area (TPSA) is 12.0 Å². The van der Waals surface area contributed by atoms with Crippen molar-refractivity contribution < 1.29 is 0 Å². The van der Waals surface area contributed by atoms with E-state index < -0.39 is 0 Å². The summed E-state index contributed by atoms with van der Waals surface area (Å²) in [4.78, 5) is 0. The van der Waals surface area contributed by atoms with Gasteiger partial charge in [-0.3, -0.25) is 0 Å². The average Bonchev–Trinajstić information content (AvgIpc) is 2.59. The summed E-state index contributed by atoms with van der Waals surface area (Å²) in [6, 6.07) is 1.79. The third-order valence-electron chi connectivity index (χ3n) is 5.08. The quantitative estimate of drug-likeness (QED) is 0.710. The van der Waals surface area contributed by atoms with Gasteiger partial charge in [-0.15, -0.1) is 0 Å². The summed E-state index contributed by atoms with van der Waals surface area (Å²) in [5.41, 5.74) is 0.777. The van der Waals surface area contributed by atoms with Gasteiger partial charge in [-0.2, -0.15) is 0 Å². The van der Waals surface area contributed by atoms with Crippen LogP contribution in [0.5, 0.6) is 0 Å². The molecule has 1 N–H and O–H groups in total. The van der Waals surface area contributed by atoms with Crippen molar-refractivity contribution in [3.8, 4) is 0 Å². The highest BCUT2D eigenvalue weighted by Gasteiger charge is 2.48. The summed E-state index contributed by atoms with van der Waals surface area (Å²) in [6.45, 7) is 2.38. The Hall–Kier alpha value is -0.0400. The second-order valence-electron chi connectivity index (χ2n) is 6.10. The van der Waals surface area contributed by atoms with E-state index in [0.717, 1.165) is 23.4 Å². The zero-order valence-electron chi connectivity index (χ0n) is 9.39. The lowest BCUT2D eigenvalue weighted by Crippen LogP contribution is -2.57. The van der Waals surface area contributed by atoms with Crippen molar-refractivity contribution in [3.05, 3.63) is 0 Å². The molecule has 0 saturated heterocycles. The first-order chi connectivity index (χ1) is 6.78. The van der Waals surface area contributed by atoms with E-state index in [0.29, 0.717) is 0 Å². The Morgan fingerprint density at radius 2 is 1.79 bits per heavy atom. The molecule has 0 bridgehead atoms. The number of rotatable bonds is 2. The van der Waals surface area contributed by atoms with Crippen molar-refractivity contribution in [2.24, 2.45) is 11.3 Å². The van der Waals surface area contributed by atoms with Crippen molar-refractivity contribution in [1.82, 2.24) is 5.32 Å². The molecule has 0 heterocycles. The summed E-state index contributed by atoms with van der Waals surface area (Å²) >= 11 is 0. The summed E-state index contributed by atoms with van der Waals surface area (Å²) in [7, 11) is 0. The molecule has 1 nitrogen and oxygen atoms in total. The van der Waals surface area contributed by atoms with Crippen LogP contribution >= 0.6 is 0 Å². The van der Waals surface area contributed by atoms with E-state index in [1.54, 1.807) is 0 Å². The van der Waals surface area contributed by atoms with Gasteiger partial charge in [-0.1, -0.05) is 19.8 Å². The molecule has 3 aliphatic rings. The molecule has 0 radical (unpaired) electrons. The summed E-state index contributed by atoms with van der Waals surface area (Å²) in [5, 5.41) is 3.92. The Bertz CT molecular complexity index is 211. The Morgan fingerprint density at radius 3 is 2.29 bits per heavy atom. The number of nitrogens with one attached hydrogen (secondary N) is 1. The van der Waals surface area contributed by atoms with Crippen LogP contribution in [0.4, 0.5) is 0 Å². The molecule has 3 saturated carbocycles.